The van der Waals surface area contributed by atoms with Crippen LogP contribution in [0.1, 0.15) is 32.6 Å². The predicted octanol–water partition coefficient (Wildman–Crippen LogP) is 1.78. The van der Waals surface area contributed by atoms with Gasteiger partial charge in [0.2, 0.25) is 5.91 Å². The van der Waals surface area contributed by atoms with Gasteiger partial charge in [-0.3, -0.25) is 9.59 Å². The Bertz CT molecular complexity index is 476. The van der Waals surface area contributed by atoms with Gasteiger partial charge in [0.05, 0.1) is 0 Å². The lowest BCUT2D eigenvalue weighted by atomic mass is 9.99. The summed E-state index contributed by atoms with van der Waals surface area (Å²) in [6, 6.07) is 5.91. The van der Waals surface area contributed by atoms with E-state index in [2.05, 4.69) is 15.2 Å². The summed E-state index contributed by atoms with van der Waals surface area (Å²) in [6.07, 6.45) is 4.78. The van der Waals surface area contributed by atoms with Gasteiger partial charge in [0.25, 0.3) is 0 Å². The average Bonchev–Trinajstić information content (AvgIpc) is 2.93. The summed E-state index contributed by atoms with van der Waals surface area (Å²) in [5, 5.41) is 2.72. The largest absolute Gasteiger partial charge is 0.356 e. The van der Waals surface area contributed by atoms with Crippen molar-refractivity contribution in [3.8, 4) is 0 Å². The number of nitrogens with zero attached hydrogens (tertiary/aromatic N) is 2. The van der Waals surface area contributed by atoms with Crippen LogP contribution in [0.5, 0.6) is 0 Å². The zero-order valence-corrected chi connectivity index (χ0v) is 12.5. The highest BCUT2D eigenvalue weighted by atomic mass is 16.1. The van der Waals surface area contributed by atoms with E-state index in [0.717, 1.165) is 31.7 Å². The van der Waals surface area contributed by atoms with E-state index in [1.807, 2.05) is 18.2 Å². The lowest BCUT2D eigenvalue weighted by Gasteiger charge is -2.17. The molecular weight excluding hydrogens is 266 g/mol. The van der Waals surface area contributed by atoms with Crippen LogP contribution in [-0.4, -0.2) is 36.3 Å². The van der Waals surface area contributed by atoms with Crippen LogP contribution < -0.4 is 10.2 Å². The fraction of sp³-hybridized carbons (Fsp3) is 0.562. The Hall–Kier alpha value is -1.91. The fourth-order valence-corrected chi connectivity index (χ4v) is 2.72. The quantitative estimate of drug-likeness (QED) is 0.777. The molecule has 0 aliphatic carbocycles. The second-order valence-electron chi connectivity index (χ2n) is 5.62. The number of hydrogen-bond acceptors (Lipinski definition) is 4. The highest BCUT2D eigenvalue weighted by Crippen LogP contribution is 2.24. The number of rotatable bonds is 7. The average molecular weight is 289 g/mol. The van der Waals surface area contributed by atoms with Gasteiger partial charge in [0, 0.05) is 45.6 Å². The molecule has 5 heteroatoms. The number of Topliss-reactive ketones (excluding diaryl/α,β-unsaturated/α-hetero) is 1. The van der Waals surface area contributed by atoms with Crippen molar-refractivity contribution in [3.05, 3.63) is 24.4 Å². The molecule has 114 valence electrons. The maximum Gasteiger partial charge on any atom is 0.216 e. The lowest BCUT2D eigenvalue weighted by Crippen LogP contribution is -2.22. The number of ketones is 1. The molecule has 1 aliphatic rings. The van der Waals surface area contributed by atoms with E-state index in [4.69, 9.17) is 0 Å². The third kappa shape index (κ3) is 5.17. The molecule has 1 aromatic rings. The number of aromatic nitrogens is 1. The van der Waals surface area contributed by atoms with Gasteiger partial charge >= 0.3 is 0 Å². The number of carbonyl (C=O) groups excluding carboxylic acids is 2. The van der Waals surface area contributed by atoms with Crippen LogP contribution >= 0.6 is 0 Å². The van der Waals surface area contributed by atoms with Crippen LogP contribution in [0.3, 0.4) is 0 Å². The molecule has 0 radical (unpaired) electrons. The molecule has 21 heavy (non-hydrogen) atoms. The number of pyridine rings is 1. The molecule has 1 amide bonds. The molecule has 1 N–H and O–H groups in total. The number of carbonyl (C=O) groups is 2. The van der Waals surface area contributed by atoms with E-state index in [0.29, 0.717) is 31.1 Å². The SMILES string of the molecule is CC(=O)NCCCC(=O)C[C@H]1CCN(c2ccccn2)C1. The molecular formula is C16H23N3O2. The van der Waals surface area contributed by atoms with Gasteiger partial charge in [0.15, 0.2) is 0 Å². The van der Waals surface area contributed by atoms with Crippen molar-refractivity contribution in [3.63, 3.8) is 0 Å². The molecule has 0 bridgehead atoms. The summed E-state index contributed by atoms with van der Waals surface area (Å²) >= 11 is 0. The van der Waals surface area contributed by atoms with Crippen LogP contribution in [0.4, 0.5) is 5.82 Å². The summed E-state index contributed by atoms with van der Waals surface area (Å²) in [6.45, 7) is 3.97. The highest BCUT2D eigenvalue weighted by Gasteiger charge is 2.24. The van der Waals surface area contributed by atoms with Crippen molar-refractivity contribution < 1.29 is 9.59 Å². The van der Waals surface area contributed by atoms with Gasteiger partial charge in [-0.25, -0.2) is 4.98 Å². The zero-order chi connectivity index (χ0) is 15.1. The van der Waals surface area contributed by atoms with Crippen LogP contribution in [0.25, 0.3) is 0 Å². The van der Waals surface area contributed by atoms with Crippen molar-refractivity contribution >= 4 is 17.5 Å². The number of hydrogen-bond donors (Lipinski definition) is 1. The van der Waals surface area contributed by atoms with Gasteiger partial charge in [-0.1, -0.05) is 6.07 Å². The molecule has 0 unspecified atom stereocenters. The third-order valence-corrected chi connectivity index (χ3v) is 3.78. The molecule has 1 saturated heterocycles. The summed E-state index contributed by atoms with van der Waals surface area (Å²) < 4.78 is 0. The van der Waals surface area contributed by atoms with Crippen molar-refractivity contribution in [2.45, 2.75) is 32.6 Å². The van der Waals surface area contributed by atoms with Crippen molar-refractivity contribution in [1.82, 2.24) is 10.3 Å². The second-order valence-corrected chi connectivity index (χ2v) is 5.62. The van der Waals surface area contributed by atoms with Gasteiger partial charge in [-0.15, -0.1) is 0 Å². The van der Waals surface area contributed by atoms with Gasteiger partial charge in [-0.2, -0.15) is 0 Å². The summed E-state index contributed by atoms with van der Waals surface area (Å²) in [5.74, 6) is 1.69. The first-order chi connectivity index (χ1) is 10.1. The number of amides is 1. The first-order valence-corrected chi connectivity index (χ1v) is 7.57. The minimum absolute atomic E-state index is 0.0377. The highest BCUT2D eigenvalue weighted by molar-refractivity contribution is 5.79. The first-order valence-electron chi connectivity index (χ1n) is 7.57. The van der Waals surface area contributed by atoms with E-state index >= 15 is 0 Å². The van der Waals surface area contributed by atoms with Crippen molar-refractivity contribution in [2.75, 3.05) is 24.5 Å². The Labute approximate surface area is 125 Å². The van der Waals surface area contributed by atoms with Crippen LogP contribution in [0.15, 0.2) is 24.4 Å². The topological polar surface area (TPSA) is 62.3 Å². The van der Waals surface area contributed by atoms with Gasteiger partial charge in [-0.05, 0) is 30.9 Å². The summed E-state index contributed by atoms with van der Waals surface area (Å²) in [7, 11) is 0. The zero-order valence-electron chi connectivity index (χ0n) is 12.5. The maximum atomic E-state index is 11.9. The Balaban J connectivity index is 1.68. The minimum Gasteiger partial charge on any atom is -0.356 e. The molecule has 2 heterocycles. The summed E-state index contributed by atoms with van der Waals surface area (Å²) in [5.41, 5.74) is 0. The molecule has 1 atom stereocenters. The molecule has 1 fully saturated rings. The molecule has 1 aliphatic heterocycles. The Morgan fingerprint density at radius 1 is 1.43 bits per heavy atom. The fourth-order valence-electron chi connectivity index (χ4n) is 2.72. The van der Waals surface area contributed by atoms with E-state index in [9.17, 15) is 9.59 Å². The van der Waals surface area contributed by atoms with Crippen LogP contribution in [0, 0.1) is 5.92 Å². The van der Waals surface area contributed by atoms with Crippen LogP contribution in [0.2, 0.25) is 0 Å². The van der Waals surface area contributed by atoms with E-state index in [1.54, 1.807) is 6.20 Å². The van der Waals surface area contributed by atoms with E-state index < -0.39 is 0 Å². The third-order valence-electron chi connectivity index (χ3n) is 3.78. The van der Waals surface area contributed by atoms with Gasteiger partial charge in [0.1, 0.15) is 11.6 Å². The van der Waals surface area contributed by atoms with Crippen LogP contribution in [-0.2, 0) is 9.59 Å². The Kier molecular flexibility index (Phi) is 5.72. The smallest absolute Gasteiger partial charge is 0.216 e. The number of nitrogens with one attached hydrogen (secondary N) is 1. The Morgan fingerprint density at radius 2 is 2.29 bits per heavy atom. The monoisotopic (exact) mass is 289 g/mol. The molecule has 5 nitrogen and oxygen atoms in total. The van der Waals surface area contributed by atoms with Crippen molar-refractivity contribution in [2.24, 2.45) is 5.92 Å². The lowest BCUT2D eigenvalue weighted by molar-refractivity contribution is -0.121. The van der Waals surface area contributed by atoms with E-state index in [1.165, 1.54) is 6.92 Å². The first kappa shape index (κ1) is 15.5. The van der Waals surface area contributed by atoms with Crippen molar-refractivity contribution in [1.29, 1.82) is 0 Å². The van der Waals surface area contributed by atoms with Gasteiger partial charge < -0.3 is 10.2 Å². The molecule has 0 aromatic carbocycles. The molecule has 0 spiro atoms. The summed E-state index contributed by atoms with van der Waals surface area (Å²) in [4.78, 5) is 29.3. The van der Waals surface area contributed by atoms with E-state index in [-0.39, 0.29) is 5.91 Å². The number of anilines is 1. The maximum absolute atomic E-state index is 11.9. The second kappa shape index (κ2) is 7.76. The Morgan fingerprint density at radius 3 is 3.00 bits per heavy atom. The molecule has 2 rings (SSSR count). The standard InChI is InChI=1S/C16H23N3O2/c1-13(20)17-9-4-5-15(21)11-14-7-10-19(12-14)16-6-2-3-8-18-16/h2-3,6,8,14H,4-5,7,9-12H2,1H3,(H,17,20)/t14-/m1/s1. The normalized spacial score (nSPS) is 17.8. The predicted molar refractivity (Wildman–Crippen MR) is 82.1 cm³/mol. The molecule has 1 aromatic heterocycles. The minimum atomic E-state index is -0.0377. The molecule has 0 saturated carbocycles.